The molecule has 2 heterocycles. The number of ether oxygens (including phenoxy) is 4. The average Bonchev–Trinajstić information content (AvgIpc) is 3.12. The van der Waals surface area contributed by atoms with Gasteiger partial charge < -0.3 is 39.8 Å². The van der Waals surface area contributed by atoms with Crippen LogP contribution in [-0.4, -0.2) is 75.5 Å². The van der Waals surface area contributed by atoms with Crippen LogP contribution in [-0.2, 0) is 27.3 Å². The molecule has 268 valence electrons. The summed E-state index contributed by atoms with van der Waals surface area (Å²) in [6, 6.07) is 13.6. The topological polar surface area (TPSA) is 145 Å². The number of halogens is 1. The average molecular weight is 693 g/mol. The summed E-state index contributed by atoms with van der Waals surface area (Å²) in [7, 11) is 4.55. The summed E-state index contributed by atoms with van der Waals surface area (Å²) < 4.78 is 37.0. The van der Waals surface area contributed by atoms with Gasteiger partial charge in [0.15, 0.2) is 34.6 Å². The lowest BCUT2D eigenvalue weighted by molar-refractivity contribution is -0.132. The van der Waals surface area contributed by atoms with Crippen molar-refractivity contribution in [3.63, 3.8) is 0 Å². The predicted octanol–water partition coefficient (Wildman–Crippen LogP) is 4.53. The molecule has 2 aliphatic heterocycles. The van der Waals surface area contributed by atoms with Crippen molar-refractivity contribution >= 4 is 23.6 Å². The molecule has 3 aromatic carbocycles. The van der Waals surface area contributed by atoms with Crippen LogP contribution in [0, 0.1) is 5.82 Å². The molecule has 4 bridgehead atoms. The van der Waals surface area contributed by atoms with Crippen LogP contribution in [0.5, 0.6) is 28.7 Å². The van der Waals surface area contributed by atoms with Gasteiger partial charge in [0.25, 0.3) is 5.91 Å². The van der Waals surface area contributed by atoms with Crippen molar-refractivity contribution < 1.29 is 42.5 Å². The summed E-state index contributed by atoms with van der Waals surface area (Å²) in [6.45, 7) is 2.74. The Kier molecular flexibility index (Phi) is 13.8. The summed E-state index contributed by atoms with van der Waals surface area (Å²) in [5.41, 5.74) is 1.67. The highest BCUT2D eigenvalue weighted by atomic mass is 19.1. The molecule has 3 N–H and O–H groups in total. The summed E-state index contributed by atoms with van der Waals surface area (Å²) in [6.07, 6.45) is 1.98. The van der Waals surface area contributed by atoms with Crippen molar-refractivity contribution in [3.05, 3.63) is 77.1 Å². The first-order valence-electron chi connectivity index (χ1n) is 16.6. The monoisotopic (exact) mass is 692 g/mol. The van der Waals surface area contributed by atoms with Gasteiger partial charge in [-0.3, -0.25) is 19.2 Å². The smallest absolute Gasteiger partial charge is 0.251 e. The molecule has 0 aliphatic carbocycles. The van der Waals surface area contributed by atoms with E-state index in [-0.39, 0.29) is 60.7 Å². The van der Waals surface area contributed by atoms with Crippen LogP contribution in [0.4, 0.5) is 4.39 Å². The van der Waals surface area contributed by atoms with Gasteiger partial charge in [0.1, 0.15) is 6.04 Å². The molecule has 13 heteroatoms. The first-order chi connectivity index (χ1) is 24.1. The zero-order valence-corrected chi connectivity index (χ0v) is 28.9. The molecular formula is C37H45FN4O8. The Morgan fingerprint density at radius 3 is 2.34 bits per heavy atom. The highest BCUT2D eigenvalue weighted by Gasteiger charge is 2.21. The van der Waals surface area contributed by atoms with Gasteiger partial charge in [-0.15, -0.1) is 0 Å². The van der Waals surface area contributed by atoms with E-state index in [1.807, 2.05) is 12.1 Å². The van der Waals surface area contributed by atoms with Crippen LogP contribution in [0.3, 0.4) is 0 Å². The number of carbonyl (C=O) groups excluding carboxylic acids is 4. The maximum atomic E-state index is 15.1. The number of benzene rings is 3. The van der Waals surface area contributed by atoms with E-state index < -0.39 is 17.8 Å². The fraction of sp³-hybridized carbons (Fsp3) is 0.405. The number of methoxy groups -OCH3 is 3. The van der Waals surface area contributed by atoms with Crippen molar-refractivity contribution in [1.82, 2.24) is 20.9 Å². The molecule has 0 spiro atoms. The van der Waals surface area contributed by atoms with Gasteiger partial charge in [0, 0.05) is 44.6 Å². The fourth-order valence-corrected chi connectivity index (χ4v) is 5.50. The maximum Gasteiger partial charge on any atom is 0.251 e. The van der Waals surface area contributed by atoms with E-state index in [2.05, 4.69) is 16.0 Å². The molecule has 5 rings (SSSR count). The molecule has 0 unspecified atom stereocenters. The molecule has 1 atom stereocenters. The molecule has 0 fully saturated rings. The van der Waals surface area contributed by atoms with Crippen molar-refractivity contribution in [2.24, 2.45) is 0 Å². The van der Waals surface area contributed by atoms with Gasteiger partial charge in [-0.05, 0) is 79.3 Å². The lowest BCUT2D eigenvalue weighted by Gasteiger charge is -2.23. The third-order valence-electron chi connectivity index (χ3n) is 8.32. The summed E-state index contributed by atoms with van der Waals surface area (Å²) in [4.78, 5) is 54.0. The highest BCUT2D eigenvalue weighted by Crippen LogP contribution is 2.34. The molecule has 50 heavy (non-hydrogen) atoms. The van der Waals surface area contributed by atoms with Gasteiger partial charge >= 0.3 is 0 Å². The van der Waals surface area contributed by atoms with Crippen LogP contribution in [0.1, 0.15) is 60.5 Å². The largest absolute Gasteiger partial charge is 0.493 e. The molecule has 12 nitrogen and oxygen atoms in total. The Bertz CT molecular complexity index is 1670. The molecule has 4 amide bonds. The quantitative estimate of drug-likeness (QED) is 0.328. The maximum absolute atomic E-state index is 15.1. The minimum absolute atomic E-state index is 0.0295. The predicted molar refractivity (Wildman–Crippen MR) is 184 cm³/mol. The van der Waals surface area contributed by atoms with Crippen molar-refractivity contribution in [2.75, 3.05) is 41.0 Å². The second kappa shape index (κ2) is 18.4. The number of aryl methyl sites for hydroxylation is 1. The minimum atomic E-state index is -0.779. The van der Waals surface area contributed by atoms with E-state index >= 15 is 4.39 Å². The molecule has 3 aromatic rings. The molecule has 0 aromatic heterocycles. The Labute approximate surface area is 291 Å². The first-order valence-corrected chi connectivity index (χ1v) is 16.6. The molecule has 0 saturated carbocycles. The van der Waals surface area contributed by atoms with Gasteiger partial charge in [0.2, 0.25) is 17.7 Å². The van der Waals surface area contributed by atoms with Crippen LogP contribution in [0.15, 0.2) is 54.6 Å². The zero-order valence-electron chi connectivity index (χ0n) is 28.9. The zero-order chi connectivity index (χ0) is 36.0. The van der Waals surface area contributed by atoms with Gasteiger partial charge in [0.05, 0.1) is 21.3 Å². The Balaban J connectivity index is 1.51. The molecular weight excluding hydrogens is 647 g/mol. The highest BCUT2D eigenvalue weighted by molar-refractivity contribution is 5.95. The second-order valence-corrected chi connectivity index (χ2v) is 11.8. The van der Waals surface area contributed by atoms with Crippen molar-refractivity contribution in [3.8, 4) is 28.7 Å². The van der Waals surface area contributed by atoms with Crippen molar-refractivity contribution in [1.29, 1.82) is 0 Å². The lowest BCUT2D eigenvalue weighted by Crippen LogP contribution is -2.46. The molecule has 2 aliphatic rings. The Hall–Kier alpha value is -5.33. The SMILES string of the molecule is CC[C@@H]1NC(=O)CCCN(C(=O)CCc2ccc(OC)c(OC)c2)CCCNC(=O)c2ccc(OC)c(c2)Oc2ccc(cc2F)CNC1=O. The third-order valence-corrected chi connectivity index (χ3v) is 8.32. The summed E-state index contributed by atoms with van der Waals surface area (Å²) in [5.74, 6) is -0.343. The summed E-state index contributed by atoms with van der Waals surface area (Å²) >= 11 is 0. The van der Waals surface area contributed by atoms with E-state index in [1.54, 1.807) is 50.3 Å². The fourth-order valence-electron chi connectivity index (χ4n) is 5.50. The number of nitrogens with one attached hydrogen (secondary N) is 3. The normalized spacial score (nSPS) is 16.4. The van der Waals surface area contributed by atoms with Gasteiger partial charge in [-0.1, -0.05) is 19.1 Å². The third kappa shape index (κ3) is 10.3. The van der Waals surface area contributed by atoms with E-state index in [0.717, 1.165) is 5.56 Å². The van der Waals surface area contributed by atoms with Gasteiger partial charge in [-0.2, -0.15) is 0 Å². The number of hydrogen-bond donors (Lipinski definition) is 3. The number of amides is 4. The molecule has 0 radical (unpaired) electrons. The van der Waals surface area contributed by atoms with E-state index in [0.29, 0.717) is 61.6 Å². The Morgan fingerprint density at radius 1 is 0.880 bits per heavy atom. The number of fused-ring (bicyclic) bond motifs is 16. The first kappa shape index (κ1) is 37.5. The number of nitrogens with zero attached hydrogens (tertiary/aromatic N) is 1. The standard InChI is InChI=1S/C37H45FN4O8/c1-5-28-37(46)40-23-25-10-13-29(27(38)20-25)50-33-22-26(12-15-31(33)48-3)36(45)39-17-7-19-42(18-6-8-34(43)41-28)35(44)16-11-24-9-14-30(47-2)32(21-24)49-4/h9-10,12-15,20-22,28H,5-8,11,16-19,23H2,1-4H3,(H,39,45)(H,40,46)(H,41,43)/t28-/m0/s1. The van der Waals surface area contributed by atoms with Crippen molar-refractivity contribution in [2.45, 2.75) is 58.0 Å². The Morgan fingerprint density at radius 2 is 1.62 bits per heavy atom. The number of carbonyl (C=O) groups is 4. The van der Waals surface area contributed by atoms with Crippen LogP contribution >= 0.6 is 0 Å². The van der Waals surface area contributed by atoms with E-state index in [4.69, 9.17) is 18.9 Å². The van der Waals surface area contributed by atoms with Crippen LogP contribution in [0.2, 0.25) is 0 Å². The van der Waals surface area contributed by atoms with Crippen LogP contribution in [0.25, 0.3) is 0 Å². The second-order valence-electron chi connectivity index (χ2n) is 11.8. The van der Waals surface area contributed by atoms with Crippen LogP contribution < -0.4 is 34.9 Å². The summed E-state index contributed by atoms with van der Waals surface area (Å²) in [5, 5.41) is 8.38. The van der Waals surface area contributed by atoms with Gasteiger partial charge in [-0.25, -0.2) is 4.39 Å². The number of hydrogen-bond acceptors (Lipinski definition) is 8. The lowest BCUT2D eigenvalue weighted by atomic mass is 10.1. The minimum Gasteiger partial charge on any atom is -0.493 e. The molecule has 0 saturated heterocycles. The van der Waals surface area contributed by atoms with E-state index in [1.165, 1.54) is 25.3 Å². The number of rotatable bonds is 7. The van der Waals surface area contributed by atoms with E-state index in [9.17, 15) is 19.2 Å².